The van der Waals surface area contributed by atoms with Crippen LogP contribution in [0.25, 0.3) is 0 Å². The molecular weight excluding hydrogens is 370 g/mol. The van der Waals surface area contributed by atoms with Gasteiger partial charge in [0, 0.05) is 32.2 Å². The maximum atomic E-state index is 13.4. The number of nitrogens with one attached hydrogen (secondary N) is 2. The Kier molecular flexibility index (Phi) is 8.68. The quantitative estimate of drug-likeness (QED) is 0.377. The summed E-state index contributed by atoms with van der Waals surface area (Å²) in [5, 5.41) is 14.8. The fraction of sp³-hybridized carbons (Fsp3) is 0.773. The second kappa shape index (κ2) is 10.8. The monoisotopic (exact) mass is 407 g/mol. The number of aliphatic hydroxyl groups excluding tert-OH is 1. The van der Waals surface area contributed by atoms with Crippen LogP contribution in [0.5, 0.6) is 0 Å². The van der Waals surface area contributed by atoms with Crippen LogP contribution in [0.4, 0.5) is 0 Å². The lowest BCUT2D eigenvalue weighted by Gasteiger charge is -2.32. The normalized spacial score (nSPS) is 29.5. The van der Waals surface area contributed by atoms with Crippen molar-refractivity contribution in [2.24, 2.45) is 23.7 Å². The number of allylic oxidation sites excluding steroid dienone is 1. The maximum absolute atomic E-state index is 13.4. The molecule has 3 N–H and O–H groups in total. The summed E-state index contributed by atoms with van der Waals surface area (Å²) in [6.07, 6.45) is 7.99. The van der Waals surface area contributed by atoms with Gasteiger partial charge in [-0.15, -0.1) is 0 Å². The average Bonchev–Trinajstić information content (AvgIpc) is 2.97. The summed E-state index contributed by atoms with van der Waals surface area (Å²) >= 11 is 0. The minimum absolute atomic E-state index is 0.0409. The molecule has 1 saturated heterocycles. The summed E-state index contributed by atoms with van der Waals surface area (Å²) < 4.78 is 0. The van der Waals surface area contributed by atoms with Crippen molar-refractivity contribution < 1.29 is 19.5 Å². The Balaban J connectivity index is 2.30. The number of amides is 3. The molecule has 0 bridgehead atoms. The van der Waals surface area contributed by atoms with E-state index in [-0.39, 0.29) is 42.2 Å². The molecule has 1 aliphatic carbocycles. The molecule has 1 heterocycles. The lowest BCUT2D eigenvalue weighted by atomic mass is 9.70. The fourth-order valence-electron chi connectivity index (χ4n) is 4.80. The fourth-order valence-corrected chi connectivity index (χ4v) is 4.80. The van der Waals surface area contributed by atoms with Crippen LogP contribution in [-0.2, 0) is 14.4 Å². The number of hydrogen-bond donors (Lipinski definition) is 3. The molecule has 2 rings (SSSR count). The summed E-state index contributed by atoms with van der Waals surface area (Å²) in [5.74, 6) is -1.72. The topological polar surface area (TPSA) is 98.7 Å². The zero-order chi connectivity index (χ0) is 21.6. The molecule has 1 unspecified atom stereocenters. The highest BCUT2D eigenvalue weighted by atomic mass is 16.3. The molecule has 0 saturated carbocycles. The van der Waals surface area contributed by atoms with Gasteiger partial charge < -0.3 is 20.6 Å². The number of likely N-dealkylation sites (tertiary alicyclic amines) is 1. The molecule has 29 heavy (non-hydrogen) atoms. The van der Waals surface area contributed by atoms with E-state index in [0.29, 0.717) is 13.0 Å². The highest BCUT2D eigenvalue weighted by molar-refractivity contribution is 5.96. The first kappa shape index (κ1) is 23.4. The van der Waals surface area contributed by atoms with E-state index in [4.69, 9.17) is 5.11 Å². The number of nitrogens with zero attached hydrogens (tertiary/aromatic N) is 1. The van der Waals surface area contributed by atoms with E-state index in [2.05, 4.69) is 17.6 Å². The SMILES string of the molecule is CCCC(C)NC(=O)[C@@H]1[C@H]2C=C[C@@H](C)[C@@H](C(=O)NC)[C@H]2C(=O)N1CCCCCO. The van der Waals surface area contributed by atoms with Crippen LogP contribution in [0, 0.1) is 23.7 Å². The molecule has 2 aliphatic rings. The number of rotatable bonds is 10. The van der Waals surface area contributed by atoms with Crippen molar-refractivity contribution >= 4 is 17.7 Å². The average molecular weight is 408 g/mol. The third kappa shape index (κ3) is 5.18. The molecule has 0 aromatic heterocycles. The zero-order valence-corrected chi connectivity index (χ0v) is 18.2. The Morgan fingerprint density at radius 1 is 1.21 bits per heavy atom. The standard InChI is InChI=1S/C22H37N3O4/c1-5-9-15(3)24-21(28)19-16-11-10-14(2)17(20(27)23-4)18(16)22(29)25(19)12-7-6-8-13-26/h10-11,14-19,26H,5-9,12-13H2,1-4H3,(H,23,27)(H,24,28)/t14-,15?,16+,17-,18+,19+/m1/s1. The van der Waals surface area contributed by atoms with Crippen LogP contribution in [0.15, 0.2) is 12.2 Å². The second-order valence-electron chi connectivity index (χ2n) is 8.45. The summed E-state index contributed by atoms with van der Waals surface area (Å²) in [6.45, 7) is 6.59. The number of hydrogen-bond acceptors (Lipinski definition) is 4. The van der Waals surface area contributed by atoms with Crippen molar-refractivity contribution in [3.63, 3.8) is 0 Å². The van der Waals surface area contributed by atoms with E-state index >= 15 is 0 Å². The Bertz CT molecular complexity index is 621. The summed E-state index contributed by atoms with van der Waals surface area (Å²) in [5.41, 5.74) is 0. The molecule has 164 valence electrons. The van der Waals surface area contributed by atoms with E-state index in [9.17, 15) is 14.4 Å². The van der Waals surface area contributed by atoms with Crippen LogP contribution in [-0.4, -0.2) is 60.0 Å². The molecule has 7 nitrogen and oxygen atoms in total. The van der Waals surface area contributed by atoms with Gasteiger partial charge in [-0.3, -0.25) is 14.4 Å². The van der Waals surface area contributed by atoms with Gasteiger partial charge in [0.15, 0.2) is 0 Å². The van der Waals surface area contributed by atoms with Crippen LogP contribution in [0.2, 0.25) is 0 Å². The van der Waals surface area contributed by atoms with Crippen molar-refractivity contribution in [1.82, 2.24) is 15.5 Å². The molecule has 0 aromatic rings. The van der Waals surface area contributed by atoms with Crippen LogP contribution in [0.1, 0.15) is 52.9 Å². The Morgan fingerprint density at radius 2 is 1.93 bits per heavy atom. The predicted octanol–water partition coefficient (Wildman–Crippen LogP) is 1.47. The zero-order valence-electron chi connectivity index (χ0n) is 18.2. The van der Waals surface area contributed by atoms with Crippen LogP contribution in [0.3, 0.4) is 0 Å². The molecule has 1 fully saturated rings. The predicted molar refractivity (Wildman–Crippen MR) is 112 cm³/mol. The van der Waals surface area contributed by atoms with Crippen LogP contribution >= 0.6 is 0 Å². The van der Waals surface area contributed by atoms with Gasteiger partial charge in [-0.25, -0.2) is 0 Å². The Morgan fingerprint density at radius 3 is 2.55 bits per heavy atom. The van der Waals surface area contributed by atoms with Gasteiger partial charge >= 0.3 is 0 Å². The summed E-state index contributed by atoms with van der Waals surface area (Å²) in [7, 11) is 1.59. The smallest absolute Gasteiger partial charge is 0.243 e. The maximum Gasteiger partial charge on any atom is 0.243 e. The summed E-state index contributed by atoms with van der Waals surface area (Å²) in [6, 6.07) is -0.545. The van der Waals surface area contributed by atoms with E-state index in [1.807, 2.05) is 26.0 Å². The molecular formula is C22H37N3O4. The molecule has 1 aliphatic heterocycles. The van der Waals surface area contributed by atoms with Gasteiger partial charge in [-0.2, -0.15) is 0 Å². The number of fused-ring (bicyclic) bond motifs is 1. The largest absolute Gasteiger partial charge is 0.396 e. The molecule has 7 heteroatoms. The van der Waals surface area contributed by atoms with E-state index < -0.39 is 17.9 Å². The Labute approximate surface area is 174 Å². The minimum Gasteiger partial charge on any atom is -0.396 e. The molecule has 0 spiro atoms. The first-order valence-electron chi connectivity index (χ1n) is 11.0. The highest BCUT2D eigenvalue weighted by Crippen LogP contribution is 2.44. The highest BCUT2D eigenvalue weighted by Gasteiger charge is 2.56. The van der Waals surface area contributed by atoms with Crippen molar-refractivity contribution in [2.75, 3.05) is 20.2 Å². The summed E-state index contributed by atoms with van der Waals surface area (Å²) in [4.78, 5) is 40.8. The van der Waals surface area contributed by atoms with Gasteiger partial charge in [0.25, 0.3) is 0 Å². The number of carbonyl (C=O) groups excluding carboxylic acids is 3. The molecule has 6 atom stereocenters. The third-order valence-corrected chi connectivity index (χ3v) is 6.26. The lowest BCUT2D eigenvalue weighted by molar-refractivity contribution is -0.140. The second-order valence-corrected chi connectivity index (χ2v) is 8.45. The van der Waals surface area contributed by atoms with Gasteiger partial charge in [0.2, 0.25) is 17.7 Å². The van der Waals surface area contributed by atoms with E-state index in [0.717, 1.165) is 25.7 Å². The van der Waals surface area contributed by atoms with Crippen molar-refractivity contribution in [1.29, 1.82) is 0 Å². The first-order chi connectivity index (χ1) is 13.9. The number of unbranched alkanes of at least 4 members (excludes halogenated alkanes) is 2. The van der Waals surface area contributed by atoms with Crippen molar-refractivity contribution in [3.8, 4) is 0 Å². The van der Waals surface area contributed by atoms with E-state index in [1.165, 1.54) is 0 Å². The minimum atomic E-state index is -0.586. The van der Waals surface area contributed by atoms with Crippen LogP contribution < -0.4 is 10.6 Å². The van der Waals surface area contributed by atoms with Gasteiger partial charge in [-0.05, 0) is 38.5 Å². The van der Waals surface area contributed by atoms with E-state index in [1.54, 1.807) is 11.9 Å². The number of carbonyl (C=O) groups is 3. The van der Waals surface area contributed by atoms with Crippen molar-refractivity contribution in [3.05, 3.63) is 12.2 Å². The Hall–Kier alpha value is -1.89. The van der Waals surface area contributed by atoms with Crippen molar-refractivity contribution in [2.45, 2.75) is 65.0 Å². The first-order valence-corrected chi connectivity index (χ1v) is 11.0. The number of aliphatic hydroxyl groups is 1. The van der Waals surface area contributed by atoms with Gasteiger partial charge in [-0.1, -0.05) is 32.4 Å². The van der Waals surface area contributed by atoms with Gasteiger partial charge in [0.1, 0.15) is 6.04 Å². The third-order valence-electron chi connectivity index (χ3n) is 6.26. The molecule has 0 radical (unpaired) electrons. The lowest BCUT2D eigenvalue weighted by Crippen LogP contribution is -2.49. The molecule has 3 amide bonds. The van der Waals surface area contributed by atoms with Gasteiger partial charge in [0.05, 0.1) is 11.8 Å². The molecule has 0 aromatic carbocycles.